The highest BCUT2D eigenvalue weighted by Crippen LogP contribution is 2.29. The van der Waals surface area contributed by atoms with Crippen LogP contribution in [-0.2, 0) is 0 Å². The molecular weight excluding hydrogens is 340 g/mol. The van der Waals surface area contributed by atoms with Gasteiger partial charge >= 0.3 is 0 Å². The number of fused-ring (bicyclic) bond motifs is 2. The number of rotatable bonds is 3. The first-order chi connectivity index (χ1) is 12.3. The van der Waals surface area contributed by atoms with Gasteiger partial charge in [0.25, 0.3) is 0 Å². The van der Waals surface area contributed by atoms with Gasteiger partial charge in [0, 0.05) is 18.4 Å². The molecule has 0 bridgehead atoms. The van der Waals surface area contributed by atoms with Crippen LogP contribution in [0.25, 0.3) is 16.9 Å². The van der Waals surface area contributed by atoms with Crippen molar-refractivity contribution in [3.63, 3.8) is 0 Å². The Morgan fingerprint density at radius 2 is 2.28 bits per heavy atom. The molecule has 128 valence electrons. The molecule has 2 aromatic heterocycles. The molecule has 9 nitrogen and oxygen atoms in total. The summed E-state index contributed by atoms with van der Waals surface area (Å²) in [5, 5.41) is 21.3. The van der Waals surface area contributed by atoms with E-state index in [1.54, 1.807) is 10.9 Å². The van der Waals surface area contributed by atoms with E-state index in [1.165, 1.54) is 12.1 Å². The minimum absolute atomic E-state index is 0.200. The smallest absolute Gasteiger partial charge is 0.225 e. The molecule has 1 fully saturated rings. The molecule has 10 heteroatoms. The van der Waals surface area contributed by atoms with E-state index in [4.69, 9.17) is 0 Å². The van der Waals surface area contributed by atoms with Crippen LogP contribution in [0.3, 0.4) is 0 Å². The quantitative estimate of drug-likeness (QED) is 0.700. The zero-order valence-electron chi connectivity index (χ0n) is 13.2. The Kier molecular flexibility index (Phi) is 3.38. The molecule has 0 saturated heterocycles. The lowest BCUT2D eigenvalue weighted by Crippen LogP contribution is -2.18. The van der Waals surface area contributed by atoms with Crippen molar-refractivity contribution in [3.8, 4) is 0 Å². The van der Waals surface area contributed by atoms with Crippen molar-refractivity contribution in [2.75, 3.05) is 5.32 Å². The number of aliphatic hydroxyl groups excluding tert-OH is 1. The van der Waals surface area contributed by atoms with Crippen LogP contribution in [0.1, 0.15) is 19.3 Å². The van der Waals surface area contributed by atoms with Crippen LogP contribution in [-0.4, -0.2) is 46.5 Å². The third-order valence-corrected chi connectivity index (χ3v) is 5.22. The zero-order chi connectivity index (χ0) is 16.8. The van der Waals surface area contributed by atoms with Crippen molar-refractivity contribution >= 4 is 34.9 Å². The van der Waals surface area contributed by atoms with E-state index in [2.05, 4.69) is 30.3 Å². The minimum atomic E-state index is -0.236. The van der Waals surface area contributed by atoms with Crippen LogP contribution in [0, 0.1) is 0 Å². The van der Waals surface area contributed by atoms with Gasteiger partial charge in [0.2, 0.25) is 5.95 Å². The molecule has 4 heterocycles. The van der Waals surface area contributed by atoms with Crippen molar-refractivity contribution in [1.29, 1.82) is 0 Å². The number of aliphatic hydroxyl groups is 1. The second-order valence-corrected chi connectivity index (χ2v) is 7.01. The van der Waals surface area contributed by atoms with Gasteiger partial charge in [-0.1, -0.05) is 5.21 Å². The summed E-state index contributed by atoms with van der Waals surface area (Å²) < 4.78 is 6.84. The average molecular weight is 356 g/mol. The molecule has 3 N–H and O–H groups in total. The van der Waals surface area contributed by atoms with Crippen LogP contribution < -0.4 is 10.0 Å². The number of aromatic nitrogens is 5. The Morgan fingerprint density at radius 1 is 1.32 bits per heavy atom. The maximum absolute atomic E-state index is 9.67. The van der Waals surface area contributed by atoms with Crippen molar-refractivity contribution in [2.45, 2.75) is 31.4 Å². The summed E-state index contributed by atoms with van der Waals surface area (Å²) in [6.07, 6.45) is 11.8. The van der Waals surface area contributed by atoms with Gasteiger partial charge in [-0.15, -0.1) is 5.10 Å². The van der Waals surface area contributed by atoms with Crippen LogP contribution >= 0.6 is 12.1 Å². The van der Waals surface area contributed by atoms with Crippen LogP contribution in [0.2, 0.25) is 0 Å². The molecule has 2 aliphatic heterocycles. The lowest BCUT2D eigenvalue weighted by atomic mass is 10.2. The molecule has 0 radical (unpaired) electrons. The van der Waals surface area contributed by atoms with E-state index in [-0.39, 0.29) is 12.1 Å². The fourth-order valence-electron chi connectivity index (χ4n) is 3.20. The van der Waals surface area contributed by atoms with E-state index in [9.17, 15) is 5.11 Å². The molecule has 5 rings (SSSR count). The molecule has 0 unspecified atom stereocenters. The predicted octanol–water partition coefficient (Wildman–Crippen LogP) is 1.22. The fraction of sp³-hybridized carbons (Fsp3) is 0.333. The Labute approximate surface area is 147 Å². The number of anilines is 1. The molecule has 0 aromatic carbocycles. The van der Waals surface area contributed by atoms with Gasteiger partial charge in [-0.2, -0.15) is 9.67 Å². The van der Waals surface area contributed by atoms with Gasteiger partial charge in [0.15, 0.2) is 11.2 Å². The summed E-state index contributed by atoms with van der Waals surface area (Å²) in [4.78, 5) is 8.91. The summed E-state index contributed by atoms with van der Waals surface area (Å²) in [7, 11) is 0. The lowest BCUT2D eigenvalue weighted by Gasteiger charge is -2.17. The summed E-state index contributed by atoms with van der Waals surface area (Å²) in [5.41, 5.74) is 3.22. The Morgan fingerprint density at radius 3 is 3.16 bits per heavy atom. The van der Waals surface area contributed by atoms with E-state index >= 15 is 0 Å². The maximum atomic E-state index is 9.67. The summed E-state index contributed by atoms with van der Waals surface area (Å²) in [5.74, 6) is 0.537. The summed E-state index contributed by atoms with van der Waals surface area (Å²) >= 11 is 1.51. The predicted molar refractivity (Wildman–Crippen MR) is 94.4 cm³/mol. The van der Waals surface area contributed by atoms with Gasteiger partial charge in [-0.25, -0.2) is 4.98 Å². The molecule has 2 atom stereocenters. The maximum Gasteiger partial charge on any atom is 0.225 e. The Balaban J connectivity index is 1.47. The highest BCUT2D eigenvalue weighted by Gasteiger charge is 2.24. The second-order valence-electron chi connectivity index (χ2n) is 6.20. The highest BCUT2D eigenvalue weighted by molar-refractivity contribution is 7.95. The monoisotopic (exact) mass is 356 g/mol. The molecule has 1 aliphatic carbocycles. The Bertz CT molecular complexity index is 919. The first-order valence-corrected chi connectivity index (χ1v) is 8.89. The van der Waals surface area contributed by atoms with E-state index in [0.717, 1.165) is 30.7 Å². The Hall–Kier alpha value is -2.59. The van der Waals surface area contributed by atoms with E-state index in [1.807, 2.05) is 28.9 Å². The van der Waals surface area contributed by atoms with Gasteiger partial charge in [-0.3, -0.25) is 4.31 Å². The topological polar surface area (TPSA) is 104 Å². The van der Waals surface area contributed by atoms with Crippen LogP contribution in [0.15, 0.2) is 36.4 Å². The van der Waals surface area contributed by atoms with Crippen molar-refractivity contribution in [1.82, 2.24) is 34.0 Å². The third-order valence-electron chi connectivity index (χ3n) is 4.46. The average Bonchev–Trinajstić information content (AvgIpc) is 3.33. The SMILES string of the molecule is O[C@@H]1CC[C@@H](Nc2ncc3nnn(C4=CC5=CNSN5C=C4)c3n2)C1. The highest BCUT2D eigenvalue weighted by atomic mass is 32.2. The van der Waals surface area contributed by atoms with Crippen molar-refractivity contribution in [3.05, 3.63) is 36.4 Å². The van der Waals surface area contributed by atoms with Gasteiger partial charge in [-0.05, 0) is 31.4 Å². The number of hydrogen-bond donors (Lipinski definition) is 3. The molecule has 1 saturated carbocycles. The zero-order valence-corrected chi connectivity index (χ0v) is 14.0. The number of nitrogens with zero attached hydrogens (tertiary/aromatic N) is 6. The standard InChI is InChI=1S/C15H16N8OS/c24-12-2-1-9(5-12)18-15-16-8-13-14(19-15)23(21-20-13)10-3-4-22-11(6-10)7-17-25-22/h3-4,6-9,12,17,24H,1-2,5H2,(H,16,18,19)/t9-,12-/m1/s1. The third kappa shape index (κ3) is 2.63. The van der Waals surface area contributed by atoms with E-state index in [0.29, 0.717) is 17.1 Å². The number of hydrogen-bond acceptors (Lipinski definition) is 9. The molecule has 25 heavy (non-hydrogen) atoms. The molecule has 0 amide bonds. The molecular formula is C15H16N8OS. The van der Waals surface area contributed by atoms with E-state index < -0.39 is 0 Å². The van der Waals surface area contributed by atoms with Gasteiger partial charge in [0.1, 0.15) is 0 Å². The van der Waals surface area contributed by atoms with Crippen LogP contribution in [0.4, 0.5) is 5.95 Å². The normalized spacial score (nSPS) is 24.9. The van der Waals surface area contributed by atoms with Gasteiger partial charge < -0.3 is 15.1 Å². The van der Waals surface area contributed by atoms with Gasteiger partial charge in [0.05, 0.1) is 35.8 Å². The molecule has 2 aromatic rings. The number of nitrogens with one attached hydrogen (secondary N) is 2. The van der Waals surface area contributed by atoms with Crippen molar-refractivity contribution in [2.24, 2.45) is 0 Å². The second kappa shape index (κ2) is 5.74. The molecule has 3 aliphatic rings. The van der Waals surface area contributed by atoms with Crippen LogP contribution in [0.5, 0.6) is 0 Å². The minimum Gasteiger partial charge on any atom is -0.393 e. The lowest BCUT2D eigenvalue weighted by molar-refractivity contribution is 0.182. The number of allylic oxidation sites excluding steroid dienone is 3. The summed E-state index contributed by atoms with van der Waals surface area (Å²) in [6.45, 7) is 0. The first kappa shape index (κ1) is 14.7. The molecule has 0 spiro atoms. The first-order valence-electron chi connectivity index (χ1n) is 8.11. The largest absolute Gasteiger partial charge is 0.393 e. The fourth-order valence-corrected chi connectivity index (χ4v) is 3.82. The summed E-state index contributed by atoms with van der Waals surface area (Å²) in [6, 6.07) is 0.200. The van der Waals surface area contributed by atoms with Crippen molar-refractivity contribution < 1.29 is 5.11 Å².